The summed E-state index contributed by atoms with van der Waals surface area (Å²) in [5.41, 5.74) is 0. The van der Waals surface area contributed by atoms with Gasteiger partial charge in [0, 0.05) is 43.1 Å². The normalized spacial score (nSPS) is 28.9. The second-order valence-electron chi connectivity index (χ2n) is 8.61. The van der Waals surface area contributed by atoms with Crippen LogP contribution in [0, 0.1) is 5.92 Å². The van der Waals surface area contributed by atoms with Gasteiger partial charge >= 0.3 is 0 Å². The van der Waals surface area contributed by atoms with Gasteiger partial charge in [0.1, 0.15) is 0 Å². The van der Waals surface area contributed by atoms with E-state index in [0.29, 0.717) is 24.0 Å². The van der Waals surface area contributed by atoms with Gasteiger partial charge in [0.05, 0.1) is 0 Å². The lowest BCUT2D eigenvalue weighted by Crippen LogP contribution is -2.51. The zero-order valence-corrected chi connectivity index (χ0v) is 19.0. The highest BCUT2D eigenvalue weighted by Gasteiger charge is 2.31. The first-order valence-electron chi connectivity index (χ1n) is 11.0. The van der Waals surface area contributed by atoms with Crippen LogP contribution in [-0.4, -0.2) is 68.1 Å². The van der Waals surface area contributed by atoms with E-state index in [1.54, 1.807) is 0 Å². The van der Waals surface area contributed by atoms with Crippen LogP contribution in [0.15, 0.2) is 22.5 Å². The molecule has 5 nitrogen and oxygen atoms in total. The van der Waals surface area contributed by atoms with Crippen LogP contribution in [0.1, 0.15) is 56.9 Å². The monoisotopic (exact) mass is 405 g/mol. The number of aliphatic imine (C=N–C) groups is 1. The third-order valence-electron chi connectivity index (χ3n) is 6.58. The number of nitrogens with one attached hydrogen (secondary N) is 2. The molecule has 4 unspecified atom stereocenters. The lowest BCUT2D eigenvalue weighted by Gasteiger charge is -2.39. The zero-order valence-electron chi connectivity index (χ0n) is 18.2. The summed E-state index contributed by atoms with van der Waals surface area (Å²) in [6.07, 6.45) is 6.60. The molecule has 0 bridgehead atoms. The number of thiophene rings is 1. The maximum absolute atomic E-state index is 4.48. The van der Waals surface area contributed by atoms with Crippen molar-refractivity contribution in [2.45, 2.75) is 64.1 Å². The summed E-state index contributed by atoms with van der Waals surface area (Å²) in [7, 11) is 4.15. The van der Waals surface area contributed by atoms with E-state index in [9.17, 15) is 0 Å². The van der Waals surface area contributed by atoms with Crippen LogP contribution >= 0.6 is 11.3 Å². The van der Waals surface area contributed by atoms with Gasteiger partial charge in [-0.2, -0.15) is 0 Å². The molecule has 1 aromatic rings. The van der Waals surface area contributed by atoms with Gasteiger partial charge in [0.2, 0.25) is 0 Å². The van der Waals surface area contributed by atoms with Crippen LogP contribution in [0.2, 0.25) is 0 Å². The van der Waals surface area contributed by atoms with Crippen molar-refractivity contribution in [1.29, 1.82) is 0 Å². The van der Waals surface area contributed by atoms with E-state index in [0.717, 1.165) is 19.0 Å². The number of rotatable bonds is 6. The van der Waals surface area contributed by atoms with Gasteiger partial charge in [-0.05, 0) is 77.0 Å². The minimum absolute atomic E-state index is 0.521. The summed E-state index contributed by atoms with van der Waals surface area (Å²) >= 11 is 1.89. The molecule has 28 heavy (non-hydrogen) atoms. The Morgan fingerprint density at radius 3 is 2.82 bits per heavy atom. The molecule has 6 heteroatoms. The molecule has 0 saturated carbocycles. The van der Waals surface area contributed by atoms with Crippen molar-refractivity contribution >= 4 is 17.3 Å². The molecule has 0 spiro atoms. The lowest BCUT2D eigenvalue weighted by molar-refractivity contribution is 0.115. The highest BCUT2D eigenvalue weighted by atomic mass is 32.1. The summed E-state index contributed by atoms with van der Waals surface area (Å²) in [5, 5.41) is 9.39. The number of nitrogens with zero attached hydrogens (tertiary/aromatic N) is 3. The Balaban J connectivity index is 1.50. The fourth-order valence-electron chi connectivity index (χ4n) is 4.97. The molecule has 2 aliphatic rings. The third kappa shape index (κ3) is 5.49. The van der Waals surface area contributed by atoms with Gasteiger partial charge in [-0.15, -0.1) is 11.3 Å². The van der Waals surface area contributed by atoms with E-state index in [-0.39, 0.29) is 0 Å². The van der Waals surface area contributed by atoms with Crippen LogP contribution in [0.4, 0.5) is 0 Å². The van der Waals surface area contributed by atoms with Crippen molar-refractivity contribution in [1.82, 2.24) is 20.4 Å². The smallest absolute Gasteiger partial charge is 0.191 e. The maximum atomic E-state index is 4.48. The molecule has 1 aromatic heterocycles. The molecule has 158 valence electrons. The average molecular weight is 406 g/mol. The Morgan fingerprint density at radius 1 is 1.25 bits per heavy atom. The first kappa shape index (κ1) is 21.6. The molecular weight excluding hydrogens is 366 g/mol. The van der Waals surface area contributed by atoms with Crippen LogP contribution in [0.5, 0.6) is 0 Å². The summed E-state index contributed by atoms with van der Waals surface area (Å²) in [4.78, 5) is 11.1. The van der Waals surface area contributed by atoms with Crippen LogP contribution in [0.25, 0.3) is 0 Å². The first-order valence-corrected chi connectivity index (χ1v) is 11.9. The van der Waals surface area contributed by atoms with Crippen LogP contribution in [-0.2, 0) is 0 Å². The number of hydrogen-bond donors (Lipinski definition) is 2. The Hall–Kier alpha value is -1.11. The van der Waals surface area contributed by atoms with Gasteiger partial charge in [-0.25, -0.2) is 0 Å². The van der Waals surface area contributed by atoms with E-state index in [1.165, 1.54) is 50.1 Å². The van der Waals surface area contributed by atoms with Crippen molar-refractivity contribution in [3.63, 3.8) is 0 Å². The van der Waals surface area contributed by atoms with Crippen LogP contribution in [0.3, 0.4) is 0 Å². The van der Waals surface area contributed by atoms with Gasteiger partial charge in [0.25, 0.3) is 0 Å². The predicted molar refractivity (Wildman–Crippen MR) is 121 cm³/mol. The van der Waals surface area contributed by atoms with Gasteiger partial charge in [-0.3, -0.25) is 14.8 Å². The topological polar surface area (TPSA) is 42.9 Å². The van der Waals surface area contributed by atoms with Crippen molar-refractivity contribution in [2.24, 2.45) is 10.9 Å². The Morgan fingerprint density at radius 2 is 2.11 bits per heavy atom. The van der Waals surface area contributed by atoms with Crippen molar-refractivity contribution in [3.05, 3.63) is 22.4 Å². The van der Waals surface area contributed by atoms with Crippen molar-refractivity contribution < 1.29 is 0 Å². The molecule has 0 amide bonds. The molecule has 3 rings (SSSR count). The molecule has 2 aliphatic heterocycles. The van der Waals surface area contributed by atoms with E-state index in [2.05, 4.69) is 63.8 Å². The fourth-order valence-corrected chi connectivity index (χ4v) is 5.95. The SMILES string of the molecule is CN=C(NCC1CCCN(C)C1c1cccs1)NCC(C)N1CCCCC1C. The van der Waals surface area contributed by atoms with E-state index in [4.69, 9.17) is 0 Å². The average Bonchev–Trinajstić information content (AvgIpc) is 3.22. The summed E-state index contributed by atoms with van der Waals surface area (Å²) in [5.74, 6) is 1.56. The molecule has 0 radical (unpaired) electrons. The first-order chi connectivity index (χ1) is 13.6. The second kappa shape index (κ2) is 10.6. The summed E-state index contributed by atoms with van der Waals surface area (Å²) in [6, 6.07) is 6.22. The largest absolute Gasteiger partial charge is 0.356 e. The zero-order chi connectivity index (χ0) is 19.9. The standard InChI is InChI=1S/C22H39N5S/c1-17-9-5-6-13-27(17)18(2)15-24-22(23-3)25-16-19-10-7-12-26(4)21(19)20-11-8-14-28-20/h8,11,14,17-19,21H,5-7,9-10,12-13,15-16H2,1-4H3,(H2,23,24,25). The summed E-state index contributed by atoms with van der Waals surface area (Å²) in [6.45, 7) is 9.05. The molecule has 0 aliphatic carbocycles. The molecule has 3 heterocycles. The van der Waals surface area contributed by atoms with E-state index in [1.807, 2.05) is 18.4 Å². The van der Waals surface area contributed by atoms with Crippen LogP contribution < -0.4 is 10.6 Å². The number of hydrogen-bond acceptors (Lipinski definition) is 4. The minimum Gasteiger partial charge on any atom is -0.356 e. The highest BCUT2D eigenvalue weighted by Crippen LogP contribution is 2.36. The van der Waals surface area contributed by atoms with Gasteiger partial charge < -0.3 is 10.6 Å². The Kier molecular flexibility index (Phi) is 8.18. The predicted octanol–water partition coefficient (Wildman–Crippen LogP) is 3.56. The Bertz CT molecular complexity index is 602. The second-order valence-corrected chi connectivity index (χ2v) is 9.59. The number of likely N-dealkylation sites (tertiary alicyclic amines) is 2. The van der Waals surface area contributed by atoms with Gasteiger partial charge in [0.15, 0.2) is 5.96 Å². The minimum atomic E-state index is 0.521. The third-order valence-corrected chi connectivity index (χ3v) is 7.53. The van der Waals surface area contributed by atoms with E-state index >= 15 is 0 Å². The summed E-state index contributed by atoms with van der Waals surface area (Å²) < 4.78 is 0. The molecule has 2 fully saturated rings. The highest BCUT2D eigenvalue weighted by molar-refractivity contribution is 7.10. The molecule has 0 aromatic carbocycles. The molecule has 2 saturated heterocycles. The quantitative estimate of drug-likeness (QED) is 0.561. The number of piperidine rings is 2. The maximum Gasteiger partial charge on any atom is 0.191 e. The van der Waals surface area contributed by atoms with Crippen molar-refractivity contribution in [3.8, 4) is 0 Å². The molecular formula is C22H39N5S. The van der Waals surface area contributed by atoms with Gasteiger partial charge in [-0.1, -0.05) is 12.5 Å². The fraction of sp³-hybridized carbons (Fsp3) is 0.773. The molecule has 2 N–H and O–H groups in total. The Labute approximate surface area is 175 Å². The molecule has 4 atom stereocenters. The van der Waals surface area contributed by atoms with Crippen molar-refractivity contribution in [2.75, 3.05) is 40.3 Å². The number of guanidine groups is 1. The van der Waals surface area contributed by atoms with E-state index < -0.39 is 0 Å². The lowest BCUT2D eigenvalue weighted by atomic mass is 9.88.